The van der Waals surface area contributed by atoms with Crippen molar-refractivity contribution in [2.45, 2.75) is 43.9 Å². The average Bonchev–Trinajstić information content (AvgIpc) is 3.63. The Kier molecular flexibility index (Phi) is 6.97. The van der Waals surface area contributed by atoms with Crippen LogP contribution in [-0.4, -0.2) is 71.6 Å². The van der Waals surface area contributed by atoms with Crippen molar-refractivity contribution in [3.63, 3.8) is 0 Å². The van der Waals surface area contributed by atoms with Crippen LogP contribution < -0.4 is 10.9 Å². The molecule has 2 fully saturated rings. The predicted molar refractivity (Wildman–Crippen MR) is 143 cm³/mol. The zero-order valence-corrected chi connectivity index (χ0v) is 21.9. The highest BCUT2D eigenvalue weighted by atomic mass is 19.3. The van der Waals surface area contributed by atoms with Crippen molar-refractivity contribution in [3.8, 4) is 5.69 Å². The van der Waals surface area contributed by atoms with E-state index in [-0.39, 0.29) is 29.8 Å². The van der Waals surface area contributed by atoms with E-state index in [2.05, 4.69) is 27.5 Å². The number of fused-ring (bicyclic) bond motifs is 1. The second kappa shape index (κ2) is 10.6. The maximum absolute atomic E-state index is 13.6. The van der Waals surface area contributed by atoms with Crippen molar-refractivity contribution < 1.29 is 18.7 Å². The molecule has 4 aromatic rings. The van der Waals surface area contributed by atoms with Gasteiger partial charge >= 0.3 is 6.55 Å². The number of halogens is 2. The molecule has 0 unspecified atom stereocenters. The number of benzene rings is 1. The number of piperidine rings is 2. The monoisotopic (exact) mass is 551 g/mol. The summed E-state index contributed by atoms with van der Waals surface area (Å²) in [6, 6.07) is 11.7. The summed E-state index contributed by atoms with van der Waals surface area (Å²) in [5.74, 6) is 0.117. The van der Waals surface area contributed by atoms with Crippen LogP contribution in [-0.2, 0) is 11.3 Å². The van der Waals surface area contributed by atoms with Crippen molar-refractivity contribution in [2.75, 3.05) is 26.2 Å². The average molecular weight is 552 g/mol. The van der Waals surface area contributed by atoms with Crippen LogP contribution in [0.1, 0.15) is 37.3 Å². The molecule has 12 heteroatoms. The van der Waals surface area contributed by atoms with E-state index >= 15 is 0 Å². The van der Waals surface area contributed by atoms with Crippen LogP contribution in [0.25, 0.3) is 16.7 Å². The third-order valence-corrected chi connectivity index (χ3v) is 8.23. The number of alkyl halides is 2. The summed E-state index contributed by atoms with van der Waals surface area (Å²) < 4.78 is 29.3. The molecular weight excluding hydrogens is 520 g/mol. The Morgan fingerprint density at radius 1 is 1.18 bits per heavy atom. The molecule has 40 heavy (non-hydrogen) atoms. The molecule has 1 amide bonds. The first kappa shape index (κ1) is 26.3. The SMILES string of the molecule is O=C([C@@H]1CCNC[C@H]1c1ccccc1)N1CCC(O)(Cn2cnc3c(ccn3-c3cnn(C(F)F)c3)c2=O)CC1. The van der Waals surface area contributed by atoms with Crippen LogP contribution in [0.15, 0.2) is 66.1 Å². The van der Waals surface area contributed by atoms with Crippen LogP contribution in [0.5, 0.6) is 0 Å². The minimum Gasteiger partial charge on any atom is -0.388 e. The van der Waals surface area contributed by atoms with Gasteiger partial charge in [-0.2, -0.15) is 13.9 Å². The zero-order valence-electron chi connectivity index (χ0n) is 21.9. The van der Waals surface area contributed by atoms with Gasteiger partial charge in [0.15, 0.2) is 5.65 Å². The molecule has 2 saturated heterocycles. The number of nitrogens with one attached hydrogen (secondary N) is 1. The van der Waals surface area contributed by atoms with E-state index in [0.717, 1.165) is 25.1 Å². The number of hydrogen-bond donors (Lipinski definition) is 2. The maximum atomic E-state index is 13.6. The molecular formula is C28H31F2N7O3. The van der Waals surface area contributed by atoms with E-state index in [4.69, 9.17) is 0 Å². The van der Waals surface area contributed by atoms with E-state index in [1.165, 1.54) is 27.9 Å². The van der Waals surface area contributed by atoms with E-state index < -0.39 is 12.2 Å². The summed E-state index contributed by atoms with van der Waals surface area (Å²) in [4.78, 5) is 33.0. The molecule has 0 bridgehead atoms. The van der Waals surface area contributed by atoms with Gasteiger partial charge in [-0.15, -0.1) is 0 Å². The number of nitrogens with zero attached hydrogens (tertiary/aromatic N) is 6. The van der Waals surface area contributed by atoms with Gasteiger partial charge in [-0.05, 0) is 37.4 Å². The number of carbonyl (C=O) groups is 1. The molecule has 0 spiro atoms. The molecule has 10 nitrogen and oxygen atoms in total. The molecule has 0 radical (unpaired) electrons. The smallest absolute Gasteiger partial charge is 0.333 e. The second-order valence-electron chi connectivity index (χ2n) is 10.7. The van der Waals surface area contributed by atoms with Crippen molar-refractivity contribution in [3.05, 3.63) is 77.2 Å². The van der Waals surface area contributed by atoms with E-state index in [9.17, 15) is 23.5 Å². The van der Waals surface area contributed by atoms with Gasteiger partial charge in [-0.1, -0.05) is 30.3 Å². The number of rotatable bonds is 6. The number of carbonyl (C=O) groups excluding carboxylic acids is 1. The van der Waals surface area contributed by atoms with Crippen molar-refractivity contribution in [1.29, 1.82) is 0 Å². The highest BCUT2D eigenvalue weighted by Gasteiger charge is 2.39. The first-order chi connectivity index (χ1) is 19.3. The zero-order chi connectivity index (χ0) is 27.9. The Bertz CT molecular complexity index is 1560. The van der Waals surface area contributed by atoms with Crippen LogP contribution in [0.4, 0.5) is 8.78 Å². The van der Waals surface area contributed by atoms with Crippen molar-refractivity contribution in [2.24, 2.45) is 5.92 Å². The number of hydrogen-bond acceptors (Lipinski definition) is 6. The molecule has 0 saturated carbocycles. The summed E-state index contributed by atoms with van der Waals surface area (Å²) in [6.07, 6.45) is 6.87. The predicted octanol–water partition coefficient (Wildman–Crippen LogP) is 2.53. The van der Waals surface area contributed by atoms with Gasteiger partial charge in [-0.3, -0.25) is 18.7 Å². The van der Waals surface area contributed by atoms with Gasteiger partial charge in [0, 0.05) is 37.7 Å². The summed E-state index contributed by atoms with van der Waals surface area (Å²) >= 11 is 0. The topological polar surface area (TPSA) is 110 Å². The standard InChI is InChI=1S/C28H31F2N7O3/c29-27(30)37-16-20(14-33-37)36-11-7-22-24(36)32-18-35(26(22)39)17-28(40)8-12-34(13-9-28)25(38)21-6-10-31-15-23(21)19-4-2-1-3-5-19/h1-5,7,11,14,16,18,21,23,27,31,40H,6,8-10,12-13,15,17H2/t21-,23+/m1/s1. The summed E-state index contributed by atoms with van der Waals surface area (Å²) in [6.45, 7) is -0.344. The minimum atomic E-state index is -2.77. The van der Waals surface area contributed by atoms with Gasteiger partial charge in [0.05, 0.1) is 35.6 Å². The highest BCUT2D eigenvalue weighted by molar-refractivity contribution is 5.80. The lowest BCUT2D eigenvalue weighted by molar-refractivity contribution is -0.141. The lowest BCUT2D eigenvalue weighted by atomic mass is 9.80. The molecule has 2 N–H and O–H groups in total. The van der Waals surface area contributed by atoms with Crippen LogP contribution in [0.2, 0.25) is 0 Å². The fraction of sp³-hybridized carbons (Fsp3) is 0.429. The van der Waals surface area contributed by atoms with E-state index in [0.29, 0.717) is 47.3 Å². The highest BCUT2D eigenvalue weighted by Crippen LogP contribution is 2.33. The quantitative estimate of drug-likeness (QED) is 0.381. The normalized spacial score (nSPS) is 21.2. The second-order valence-corrected chi connectivity index (χ2v) is 10.7. The molecule has 3 aromatic heterocycles. The molecule has 6 rings (SSSR count). The Morgan fingerprint density at radius 3 is 2.67 bits per heavy atom. The first-order valence-electron chi connectivity index (χ1n) is 13.5. The fourth-order valence-corrected chi connectivity index (χ4v) is 5.99. The van der Waals surface area contributed by atoms with Gasteiger partial charge < -0.3 is 15.3 Å². The van der Waals surface area contributed by atoms with Gasteiger partial charge in [-0.25, -0.2) is 9.67 Å². The Labute approximate surface area is 228 Å². The minimum absolute atomic E-state index is 0.0469. The molecule has 210 valence electrons. The molecule has 2 aliphatic rings. The fourth-order valence-electron chi connectivity index (χ4n) is 5.99. The molecule has 2 aliphatic heterocycles. The Balaban J connectivity index is 1.14. The van der Waals surface area contributed by atoms with E-state index in [1.807, 2.05) is 23.1 Å². The summed E-state index contributed by atoms with van der Waals surface area (Å²) in [5, 5.41) is 18.7. The van der Waals surface area contributed by atoms with Crippen LogP contribution in [0.3, 0.4) is 0 Å². The lowest BCUT2D eigenvalue weighted by Gasteiger charge is -2.41. The van der Waals surface area contributed by atoms with E-state index in [1.54, 1.807) is 12.3 Å². The number of likely N-dealkylation sites (tertiary alicyclic amines) is 1. The van der Waals surface area contributed by atoms with Gasteiger partial charge in [0.25, 0.3) is 5.56 Å². The van der Waals surface area contributed by atoms with Crippen molar-refractivity contribution in [1.82, 2.24) is 34.1 Å². The molecule has 2 atom stereocenters. The molecule has 0 aliphatic carbocycles. The molecule has 5 heterocycles. The van der Waals surface area contributed by atoms with Gasteiger partial charge in [0.1, 0.15) is 6.33 Å². The maximum Gasteiger partial charge on any atom is 0.333 e. The summed E-state index contributed by atoms with van der Waals surface area (Å²) in [5.41, 5.74) is 0.332. The largest absolute Gasteiger partial charge is 0.388 e. The van der Waals surface area contributed by atoms with Crippen molar-refractivity contribution >= 4 is 16.9 Å². The van der Waals surface area contributed by atoms with Gasteiger partial charge in [0.2, 0.25) is 5.91 Å². The lowest BCUT2D eigenvalue weighted by Crippen LogP contribution is -2.52. The molecule has 1 aromatic carbocycles. The Morgan fingerprint density at radius 2 is 1.95 bits per heavy atom. The number of amides is 1. The number of aliphatic hydroxyl groups is 1. The van der Waals surface area contributed by atoms with Crippen LogP contribution >= 0.6 is 0 Å². The summed E-state index contributed by atoms with van der Waals surface area (Å²) in [7, 11) is 0. The van der Waals surface area contributed by atoms with Crippen LogP contribution in [0, 0.1) is 5.92 Å². The first-order valence-corrected chi connectivity index (χ1v) is 13.5. The number of aromatic nitrogens is 5. The third kappa shape index (κ3) is 4.92. The third-order valence-electron chi connectivity index (χ3n) is 8.23. The Hall–Kier alpha value is -3.90.